The van der Waals surface area contributed by atoms with Gasteiger partial charge >= 0.3 is 0 Å². The van der Waals surface area contributed by atoms with Crippen molar-refractivity contribution in [2.24, 2.45) is 0 Å². The standard InChI is InChI=1S/C43H85N2/c1-4-7-10-13-16-19-22-23-24-26-29-32-35-38-43-44(39-36-33-30-27-21-18-15-12-9-6-3)41-42-45(43)40-37-34-31-28-25-20-17-14-11-8-5-2/h41-42H,4-40H2,1-3H3/q+1. The third-order valence-corrected chi connectivity index (χ3v) is 10.3. The van der Waals surface area contributed by atoms with Gasteiger partial charge in [0.1, 0.15) is 12.4 Å². The molecule has 0 spiro atoms. The van der Waals surface area contributed by atoms with E-state index >= 15 is 0 Å². The monoisotopic (exact) mass is 630 g/mol. The van der Waals surface area contributed by atoms with E-state index in [2.05, 4.69) is 42.3 Å². The minimum absolute atomic E-state index is 1.23. The van der Waals surface area contributed by atoms with Crippen molar-refractivity contribution in [3.05, 3.63) is 18.2 Å². The summed E-state index contributed by atoms with van der Waals surface area (Å²) in [5.74, 6) is 1.63. The van der Waals surface area contributed by atoms with Crippen LogP contribution in [0.5, 0.6) is 0 Å². The average molecular weight is 630 g/mol. The summed E-state index contributed by atoms with van der Waals surface area (Å²) < 4.78 is 5.29. The van der Waals surface area contributed by atoms with Crippen LogP contribution in [0.4, 0.5) is 0 Å². The topological polar surface area (TPSA) is 8.81 Å². The van der Waals surface area contributed by atoms with E-state index in [1.54, 1.807) is 5.82 Å². The molecule has 0 N–H and O–H groups in total. The highest BCUT2D eigenvalue weighted by molar-refractivity contribution is 4.84. The van der Waals surface area contributed by atoms with Crippen molar-refractivity contribution in [2.75, 3.05) is 0 Å². The van der Waals surface area contributed by atoms with E-state index in [0.717, 1.165) is 0 Å². The van der Waals surface area contributed by atoms with Gasteiger partial charge in [-0.1, -0.05) is 207 Å². The second kappa shape index (κ2) is 34.5. The Labute approximate surface area is 285 Å². The van der Waals surface area contributed by atoms with Crippen molar-refractivity contribution in [1.29, 1.82) is 0 Å². The molecule has 2 nitrogen and oxygen atoms in total. The molecule has 2 heteroatoms. The van der Waals surface area contributed by atoms with E-state index in [1.807, 2.05) is 0 Å². The first-order valence-electron chi connectivity index (χ1n) is 21.4. The molecule has 0 saturated carbocycles. The van der Waals surface area contributed by atoms with Gasteiger partial charge in [-0.05, 0) is 32.1 Å². The van der Waals surface area contributed by atoms with Gasteiger partial charge in [-0.3, -0.25) is 0 Å². The Hall–Kier alpha value is -0.790. The molecule has 1 heterocycles. The van der Waals surface area contributed by atoms with Crippen LogP contribution in [-0.2, 0) is 19.5 Å². The maximum absolute atomic E-state index is 2.64. The fourth-order valence-corrected chi connectivity index (χ4v) is 7.21. The average Bonchev–Trinajstić information content (AvgIpc) is 3.43. The van der Waals surface area contributed by atoms with Crippen LogP contribution in [0.3, 0.4) is 0 Å². The normalized spacial score (nSPS) is 11.6. The van der Waals surface area contributed by atoms with Crippen LogP contribution in [0.2, 0.25) is 0 Å². The van der Waals surface area contributed by atoms with Gasteiger partial charge in [0.05, 0.1) is 13.1 Å². The maximum atomic E-state index is 2.64. The van der Waals surface area contributed by atoms with Gasteiger partial charge in [0.2, 0.25) is 0 Å². The van der Waals surface area contributed by atoms with E-state index in [-0.39, 0.29) is 0 Å². The molecule has 1 aromatic heterocycles. The van der Waals surface area contributed by atoms with Crippen molar-refractivity contribution >= 4 is 0 Å². The molecule has 45 heavy (non-hydrogen) atoms. The number of unbranched alkanes of at least 4 members (excludes halogenated alkanes) is 31. The molecule has 0 saturated heterocycles. The molecule has 0 aromatic carbocycles. The molecule has 0 amide bonds. The number of aromatic nitrogens is 2. The van der Waals surface area contributed by atoms with E-state index in [4.69, 9.17) is 0 Å². The van der Waals surface area contributed by atoms with Gasteiger partial charge in [0, 0.05) is 6.42 Å². The minimum Gasteiger partial charge on any atom is -0.234 e. The lowest BCUT2D eigenvalue weighted by molar-refractivity contribution is -0.704. The molecule has 1 rings (SSSR count). The molecule has 266 valence electrons. The first-order chi connectivity index (χ1) is 22.3. The summed E-state index contributed by atoms with van der Waals surface area (Å²) >= 11 is 0. The van der Waals surface area contributed by atoms with Gasteiger partial charge in [-0.25, -0.2) is 9.13 Å². The number of imidazole rings is 1. The van der Waals surface area contributed by atoms with Gasteiger partial charge in [0.15, 0.2) is 0 Å². The van der Waals surface area contributed by atoms with Crippen LogP contribution in [0, 0.1) is 0 Å². The van der Waals surface area contributed by atoms with Crippen molar-refractivity contribution in [3.8, 4) is 0 Å². The molecule has 0 atom stereocenters. The van der Waals surface area contributed by atoms with E-state index < -0.39 is 0 Å². The third kappa shape index (κ3) is 26.9. The van der Waals surface area contributed by atoms with Crippen molar-refractivity contribution in [3.63, 3.8) is 0 Å². The van der Waals surface area contributed by atoms with Crippen LogP contribution in [0.1, 0.15) is 245 Å². The lowest BCUT2D eigenvalue weighted by Crippen LogP contribution is -2.37. The fraction of sp³-hybridized carbons (Fsp3) is 0.930. The summed E-state index contributed by atoms with van der Waals surface area (Å²) in [5.41, 5.74) is 0. The molecule has 1 aromatic rings. The summed E-state index contributed by atoms with van der Waals surface area (Å²) in [7, 11) is 0. The summed E-state index contributed by atoms with van der Waals surface area (Å²) in [6.45, 7) is 9.41. The second-order valence-corrected chi connectivity index (χ2v) is 14.8. The SMILES string of the molecule is CCCCCCCCCCCCCCCc1n(CCCCCCCCCCCC)cc[n+]1CCCCCCCCCCCCC. The predicted octanol–water partition coefficient (Wildman–Crippen LogP) is 14.6. The molecule has 0 unspecified atom stereocenters. The number of hydrogen-bond donors (Lipinski definition) is 0. The molecular weight excluding hydrogens is 544 g/mol. The second-order valence-electron chi connectivity index (χ2n) is 14.8. The Kier molecular flexibility index (Phi) is 32.4. The Balaban J connectivity index is 2.29. The largest absolute Gasteiger partial charge is 0.256 e. The molecule has 0 radical (unpaired) electrons. The fourth-order valence-electron chi connectivity index (χ4n) is 7.21. The summed E-state index contributed by atoms with van der Waals surface area (Å²) in [5, 5.41) is 0. The van der Waals surface area contributed by atoms with Gasteiger partial charge in [-0.15, -0.1) is 0 Å². The van der Waals surface area contributed by atoms with Crippen molar-refractivity contribution in [2.45, 2.75) is 259 Å². The van der Waals surface area contributed by atoms with Crippen molar-refractivity contribution < 1.29 is 4.57 Å². The Morgan fingerprint density at radius 3 is 1.07 bits per heavy atom. The number of nitrogens with zero attached hydrogens (tertiary/aromatic N) is 2. The van der Waals surface area contributed by atoms with Crippen LogP contribution >= 0.6 is 0 Å². The molecule has 0 fully saturated rings. The molecule has 0 aliphatic carbocycles. The Bertz CT molecular complexity index is 692. The van der Waals surface area contributed by atoms with Gasteiger partial charge in [0.25, 0.3) is 5.82 Å². The number of rotatable bonds is 37. The smallest absolute Gasteiger partial charge is 0.234 e. The zero-order valence-corrected chi connectivity index (χ0v) is 31.7. The molecule has 0 aliphatic heterocycles. The molecule has 0 aliphatic rings. The minimum atomic E-state index is 1.23. The lowest BCUT2D eigenvalue weighted by atomic mass is 10.0. The highest BCUT2D eigenvalue weighted by atomic mass is 15.1. The zero-order valence-electron chi connectivity index (χ0n) is 31.7. The van der Waals surface area contributed by atoms with E-state index in [0.29, 0.717) is 0 Å². The maximum Gasteiger partial charge on any atom is 0.256 e. The first-order valence-corrected chi connectivity index (χ1v) is 21.4. The van der Waals surface area contributed by atoms with E-state index in [1.165, 1.54) is 238 Å². The highest BCUT2D eigenvalue weighted by Crippen LogP contribution is 2.16. The van der Waals surface area contributed by atoms with Gasteiger partial charge < -0.3 is 0 Å². The quantitative estimate of drug-likeness (QED) is 0.0511. The number of aryl methyl sites for hydroxylation is 2. The highest BCUT2D eigenvalue weighted by Gasteiger charge is 2.16. The molecule has 0 bridgehead atoms. The number of hydrogen-bond acceptors (Lipinski definition) is 0. The van der Waals surface area contributed by atoms with Crippen LogP contribution in [0.15, 0.2) is 12.4 Å². The first kappa shape index (κ1) is 42.2. The van der Waals surface area contributed by atoms with Crippen molar-refractivity contribution in [1.82, 2.24) is 4.57 Å². The Morgan fingerprint density at radius 1 is 0.378 bits per heavy atom. The zero-order chi connectivity index (χ0) is 32.3. The summed E-state index contributed by atoms with van der Waals surface area (Å²) in [6, 6.07) is 0. The molecular formula is C43H85N2+. The van der Waals surface area contributed by atoms with E-state index in [9.17, 15) is 0 Å². The Morgan fingerprint density at radius 2 is 0.689 bits per heavy atom. The lowest BCUT2D eigenvalue weighted by Gasteiger charge is -2.07. The van der Waals surface area contributed by atoms with Gasteiger partial charge in [-0.2, -0.15) is 0 Å². The third-order valence-electron chi connectivity index (χ3n) is 10.3. The van der Waals surface area contributed by atoms with Crippen LogP contribution in [-0.4, -0.2) is 4.57 Å². The predicted molar refractivity (Wildman–Crippen MR) is 202 cm³/mol. The summed E-state index contributed by atoms with van der Waals surface area (Å²) in [6.07, 6.45) is 54.8. The summed E-state index contributed by atoms with van der Waals surface area (Å²) in [4.78, 5) is 0. The van der Waals surface area contributed by atoms with Crippen LogP contribution in [0.25, 0.3) is 0 Å². The van der Waals surface area contributed by atoms with Crippen LogP contribution < -0.4 is 4.57 Å².